The topological polar surface area (TPSA) is 85.1 Å². The Morgan fingerprint density at radius 1 is 1.20 bits per heavy atom. The van der Waals surface area contributed by atoms with Crippen molar-refractivity contribution in [3.05, 3.63) is 70.2 Å². The number of rotatable bonds is 7. The summed E-state index contributed by atoms with van der Waals surface area (Å²) in [5.74, 6) is -0.492. The fraction of sp³-hybridized carbons (Fsp3) is 0.273. The van der Waals surface area contributed by atoms with Crippen molar-refractivity contribution < 1.29 is 18.4 Å². The summed E-state index contributed by atoms with van der Waals surface area (Å²) in [6, 6.07) is 6.51. The van der Waals surface area contributed by atoms with Gasteiger partial charge < -0.3 is 9.73 Å². The lowest BCUT2D eigenvalue weighted by molar-refractivity contribution is 0.0948. The Hall–Kier alpha value is -2.87. The molecule has 0 saturated heterocycles. The number of nitrogens with zero attached hydrogens (tertiary/aromatic N) is 2. The van der Waals surface area contributed by atoms with E-state index in [2.05, 4.69) is 31.2 Å². The Bertz CT molecular complexity index is 1020. The first-order chi connectivity index (χ1) is 14.5. The molecule has 0 aliphatic carbocycles. The Kier molecular flexibility index (Phi) is 8.86. The van der Waals surface area contributed by atoms with Crippen LogP contribution in [0.4, 0.5) is 4.39 Å². The van der Waals surface area contributed by atoms with Gasteiger partial charge in [0, 0.05) is 28.3 Å². The van der Waals surface area contributed by atoms with Gasteiger partial charge in [-0.25, -0.2) is 9.37 Å². The van der Waals surface area contributed by atoms with Gasteiger partial charge in [0.1, 0.15) is 5.82 Å². The second kappa shape index (κ2) is 11.3. The smallest absolute Gasteiger partial charge is 0.273 e. The number of halogens is 2. The first kappa shape index (κ1) is 23.4. The van der Waals surface area contributed by atoms with E-state index in [1.165, 1.54) is 19.4 Å². The monoisotopic (exact) mass is 475 g/mol. The number of hydrogen-bond acceptors (Lipinski definition) is 5. The molecular weight excluding hydrogens is 453 g/mol. The molecule has 0 bridgehead atoms. The third-order valence-corrected chi connectivity index (χ3v) is 4.74. The molecule has 0 fully saturated rings. The van der Waals surface area contributed by atoms with Crippen molar-refractivity contribution in [3.63, 3.8) is 0 Å². The molecule has 3 rings (SSSR count). The zero-order valence-corrected chi connectivity index (χ0v) is 18.6. The van der Waals surface area contributed by atoms with Crippen molar-refractivity contribution in [1.29, 1.82) is 0 Å². The second-order valence-electron chi connectivity index (χ2n) is 6.15. The minimum atomic E-state index is -0.379. The molecule has 2 aromatic heterocycles. The normalized spacial score (nSPS) is 10.2. The summed E-state index contributed by atoms with van der Waals surface area (Å²) in [6.07, 6.45) is 5.18. The maximum Gasteiger partial charge on any atom is 0.273 e. The quantitative estimate of drug-likeness (QED) is 0.373. The number of aryl methyl sites for hydroxylation is 1. The predicted molar refractivity (Wildman–Crippen MR) is 116 cm³/mol. The lowest BCUT2D eigenvalue weighted by Crippen LogP contribution is -2.25. The van der Waals surface area contributed by atoms with Gasteiger partial charge >= 0.3 is 0 Å². The summed E-state index contributed by atoms with van der Waals surface area (Å²) < 4.78 is 19.1. The third-order valence-electron chi connectivity index (χ3n) is 4.08. The number of ketones is 1. The zero-order valence-electron chi connectivity index (χ0n) is 17.0. The summed E-state index contributed by atoms with van der Waals surface area (Å²) in [5.41, 5.74) is 2.10. The average Bonchev–Trinajstić information content (AvgIpc) is 3.22. The fourth-order valence-corrected chi connectivity index (χ4v) is 3.38. The standard InChI is InChI=1S/C20H17BrFN3O3.C2H6/c1-12(26)16-5-4-14(8-17(16)21)19-18(25-11-28-19)20(27)24-6-2-3-13-7-15(22)10-23-9-13;1-2/h4-5,7-11H,2-3,6H2,1H3,(H,24,27);1-2H3. The van der Waals surface area contributed by atoms with Gasteiger partial charge in [-0.2, -0.15) is 0 Å². The van der Waals surface area contributed by atoms with E-state index in [1.807, 2.05) is 13.8 Å². The molecule has 30 heavy (non-hydrogen) atoms. The Morgan fingerprint density at radius 2 is 1.97 bits per heavy atom. The molecule has 0 unspecified atom stereocenters. The number of Topliss-reactive ketones (excluding diaryl/α,β-unsaturated/α-hetero) is 1. The van der Waals surface area contributed by atoms with Crippen LogP contribution in [0.25, 0.3) is 11.3 Å². The van der Waals surface area contributed by atoms with Crippen LogP contribution in [0.3, 0.4) is 0 Å². The van der Waals surface area contributed by atoms with Gasteiger partial charge in [0.15, 0.2) is 23.6 Å². The van der Waals surface area contributed by atoms with Crippen molar-refractivity contribution in [2.45, 2.75) is 33.6 Å². The van der Waals surface area contributed by atoms with Crippen molar-refractivity contribution in [1.82, 2.24) is 15.3 Å². The van der Waals surface area contributed by atoms with Crippen LogP contribution >= 0.6 is 15.9 Å². The van der Waals surface area contributed by atoms with Crippen LogP contribution < -0.4 is 5.32 Å². The van der Waals surface area contributed by atoms with Gasteiger partial charge in [-0.1, -0.05) is 35.8 Å². The van der Waals surface area contributed by atoms with Crippen LogP contribution in [0.1, 0.15) is 53.6 Å². The molecule has 1 amide bonds. The van der Waals surface area contributed by atoms with Gasteiger partial charge in [0.2, 0.25) is 0 Å². The molecule has 0 spiro atoms. The molecule has 6 nitrogen and oxygen atoms in total. The van der Waals surface area contributed by atoms with Crippen LogP contribution in [0, 0.1) is 5.82 Å². The Balaban J connectivity index is 0.00000155. The number of nitrogens with one attached hydrogen (secondary N) is 1. The molecule has 1 N–H and O–H groups in total. The predicted octanol–water partition coefficient (Wildman–Crippen LogP) is 5.23. The van der Waals surface area contributed by atoms with Crippen molar-refractivity contribution >= 4 is 27.6 Å². The summed E-state index contributed by atoms with van der Waals surface area (Å²) in [5, 5.41) is 2.78. The Labute approximate surface area is 183 Å². The van der Waals surface area contributed by atoms with Crippen LogP contribution in [0.15, 0.2) is 51.9 Å². The molecule has 3 aromatic rings. The highest BCUT2D eigenvalue weighted by molar-refractivity contribution is 9.10. The van der Waals surface area contributed by atoms with Gasteiger partial charge in [0.05, 0.1) is 6.20 Å². The lowest BCUT2D eigenvalue weighted by Gasteiger charge is -2.06. The average molecular weight is 476 g/mol. The van der Waals surface area contributed by atoms with Crippen molar-refractivity contribution in [2.75, 3.05) is 6.54 Å². The van der Waals surface area contributed by atoms with Crippen LogP contribution in [-0.4, -0.2) is 28.2 Å². The van der Waals surface area contributed by atoms with Crippen LogP contribution in [0.2, 0.25) is 0 Å². The molecule has 0 aliphatic rings. The minimum Gasteiger partial charge on any atom is -0.443 e. The molecule has 2 heterocycles. The first-order valence-electron chi connectivity index (χ1n) is 9.57. The number of amides is 1. The van der Waals surface area contributed by atoms with Gasteiger partial charge in [-0.05, 0) is 43.5 Å². The highest BCUT2D eigenvalue weighted by atomic mass is 79.9. The molecule has 8 heteroatoms. The number of hydrogen-bond donors (Lipinski definition) is 1. The maximum atomic E-state index is 13.1. The van der Waals surface area contributed by atoms with Gasteiger partial charge in [-0.15, -0.1) is 0 Å². The minimum absolute atomic E-state index is 0.0672. The van der Waals surface area contributed by atoms with E-state index in [0.717, 1.165) is 11.8 Å². The van der Waals surface area contributed by atoms with E-state index in [-0.39, 0.29) is 23.2 Å². The highest BCUT2D eigenvalue weighted by Crippen LogP contribution is 2.28. The van der Waals surface area contributed by atoms with E-state index < -0.39 is 0 Å². The van der Waals surface area contributed by atoms with E-state index in [0.29, 0.717) is 40.7 Å². The number of aromatic nitrogens is 2. The molecule has 1 aromatic carbocycles. The summed E-state index contributed by atoms with van der Waals surface area (Å²) in [6.45, 7) is 5.88. The Morgan fingerprint density at radius 3 is 2.63 bits per heavy atom. The van der Waals surface area contributed by atoms with Crippen LogP contribution in [0.5, 0.6) is 0 Å². The van der Waals surface area contributed by atoms with Gasteiger partial charge in [0.25, 0.3) is 5.91 Å². The second-order valence-corrected chi connectivity index (χ2v) is 7.01. The number of carbonyl (C=O) groups is 2. The van der Waals surface area contributed by atoms with E-state index in [9.17, 15) is 14.0 Å². The van der Waals surface area contributed by atoms with Crippen molar-refractivity contribution in [3.8, 4) is 11.3 Å². The van der Waals surface area contributed by atoms with Crippen molar-refractivity contribution in [2.24, 2.45) is 0 Å². The number of oxazole rings is 1. The lowest BCUT2D eigenvalue weighted by atomic mass is 10.1. The van der Waals surface area contributed by atoms with E-state index in [4.69, 9.17) is 4.42 Å². The number of carbonyl (C=O) groups excluding carboxylic acids is 2. The maximum absolute atomic E-state index is 13.1. The number of pyridine rings is 1. The molecular formula is C22H23BrFN3O3. The summed E-state index contributed by atoms with van der Waals surface area (Å²) in [7, 11) is 0. The third kappa shape index (κ3) is 6.06. The molecule has 0 saturated carbocycles. The molecule has 158 valence electrons. The van der Waals surface area contributed by atoms with E-state index >= 15 is 0 Å². The van der Waals surface area contributed by atoms with Gasteiger partial charge in [-0.3, -0.25) is 14.6 Å². The van der Waals surface area contributed by atoms with E-state index in [1.54, 1.807) is 24.4 Å². The molecule has 0 aliphatic heterocycles. The summed E-state index contributed by atoms with van der Waals surface area (Å²) in [4.78, 5) is 31.8. The largest absolute Gasteiger partial charge is 0.443 e. The van der Waals surface area contributed by atoms with Crippen LogP contribution in [-0.2, 0) is 6.42 Å². The zero-order chi connectivity index (χ0) is 22.1. The molecule has 0 atom stereocenters. The highest BCUT2D eigenvalue weighted by Gasteiger charge is 2.19. The molecule has 0 radical (unpaired) electrons. The fourth-order valence-electron chi connectivity index (χ4n) is 2.73. The summed E-state index contributed by atoms with van der Waals surface area (Å²) >= 11 is 3.36. The number of benzene rings is 1. The SMILES string of the molecule is CC.CC(=O)c1ccc(-c2ocnc2C(=O)NCCCc2cncc(F)c2)cc1Br. The first-order valence-corrected chi connectivity index (χ1v) is 10.4.